The van der Waals surface area contributed by atoms with E-state index in [0.29, 0.717) is 6.04 Å². The maximum atomic E-state index is 5.58. The highest BCUT2D eigenvalue weighted by molar-refractivity contribution is 5.82. The van der Waals surface area contributed by atoms with E-state index in [1.807, 2.05) is 0 Å². The maximum Gasteiger partial charge on any atom is 0.0941 e. The van der Waals surface area contributed by atoms with E-state index < -0.39 is 0 Å². The molecule has 0 aromatic carbocycles. The second-order valence-electron chi connectivity index (χ2n) is 3.31. The lowest BCUT2D eigenvalue weighted by Gasteiger charge is -2.03. The summed E-state index contributed by atoms with van der Waals surface area (Å²) in [5.74, 6) is 0.867. The molecule has 0 radical (unpaired) electrons. The summed E-state index contributed by atoms with van der Waals surface area (Å²) in [5.41, 5.74) is 5.58. The summed E-state index contributed by atoms with van der Waals surface area (Å²) >= 11 is 0. The van der Waals surface area contributed by atoms with E-state index in [-0.39, 0.29) is 0 Å². The number of rotatable bonds is 4. The summed E-state index contributed by atoms with van der Waals surface area (Å²) in [6.45, 7) is 2.23. The Morgan fingerprint density at radius 1 is 1.55 bits per heavy atom. The Labute approximate surface area is 68.9 Å². The summed E-state index contributed by atoms with van der Waals surface area (Å²) in [6, 6.07) is 0.557. The monoisotopic (exact) mass is 154 g/mol. The molecule has 0 amide bonds. The summed E-state index contributed by atoms with van der Waals surface area (Å²) in [4.78, 5) is 4.35. The van der Waals surface area contributed by atoms with E-state index in [2.05, 4.69) is 11.9 Å². The lowest BCUT2D eigenvalue weighted by molar-refractivity contribution is 0.560. The van der Waals surface area contributed by atoms with Crippen molar-refractivity contribution in [1.29, 1.82) is 0 Å². The van der Waals surface area contributed by atoms with Gasteiger partial charge in [-0.05, 0) is 12.8 Å². The molecule has 2 nitrogen and oxygen atoms in total. The van der Waals surface area contributed by atoms with Crippen LogP contribution in [0.1, 0.15) is 45.4 Å². The van der Waals surface area contributed by atoms with E-state index in [0.717, 1.165) is 12.3 Å². The van der Waals surface area contributed by atoms with Gasteiger partial charge in [-0.25, -0.2) is 0 Å². The summed E-state index contributed by atoms with van der Waals surface area (Å²) in [5, 5.41) is 0. The predicted octanol–water partition coefficient (Wildman–Crippen LogP) is 2.09. The second kappa shape index (κ2) is 4.37. The SMILES string of the molecule is CCCCCC1CCC(N)=N1. The zero-order valence-corrected chi connectivity index (χ0v) is 7.34. The molecule has 1 aliphatic heterocycles. The number of nitrogens with two attached hydrogens (primary N) is 1. The molecule has 1 unspecified atom stereocenters. The average molecular weight is 154 g/mol. The molecule has 0 bridgehead atoms. The minimum Gasteiger partial charge on any atom is -0.387 e. The van der Waals surface area contributed by atoms with E-state index in [4.69, 9.17) is 5.73 Å². The molecule has 64 valence electrons. The molecule has 0 aromatic heterocycles. The molecule has 1 rings (SSSR count). The normalized spacial score (nSPS) is 23.7. The van der Waals surface area contributed by atoms with Crippen molar-refractivity contribution in [2.24, 2.45) is 10.7 Å². The molecule has 0 spiro atoms. The minimum absolute atomic E-state index is 0.557. The number of aliphatic imine (C=N–C) groups is 1. The van der Waals surface area contributed by atoms with Gasteiger partial charge >= 0.3 is 0 Å². The Hall–Kier alpha value is -0.530. The Morgan fingerprint density at radius 3 is 2.91 bits per heavy atom. The molecule has 11 heavy (non-hydrogen) atoms. The largest absolute Gasteiger partial charge is 0.387 e. The van der Waals surface area contributed by atoms with Crippen LogP contribution in [0.2, 0.25) is 0 Å². The molecule has 0 aliphatic carbocycles. The van der Waals surface area contributed by atoms with Crippen LogP contribution in [0, 0.1) is 0 Å². The van der Waals surface area contributed by atoms with Gasteiger partial charge in [-0.3, -0.25) is 4.99 Å². The van der Waals surface area contributed by atoms with Gasteiger partial charge in [0.2, 0.25) is 0 Å². The third kappa shape index (κ3) is 2.91. The third-order valence-corrected chi connectivity index (χ3v) is 2.22. The maximum absolute atomic E-state index is 5.58. The smallest absolute Gasteiger partial charge is 0.0941 e. The molecule has 1 aliphatic rings. The topological polar surface area (TPSA) is 38.4 Å². The van der Waals surface area contributed by atoms with Crippen LogP contribution in [0.15, 0.2) is 4.99 Å². The van der Waals surface area contributed by atoms with Gasteiger partial charge in [0.15, 0.2) is 0 Å². The van der Waals surface area contributed by atoms with Crippen molar-refractivity contribution < 1.29 is 0 Å². The van der Waals surface area contributed by atoms with E-state index >= 15 is 0 Å². The van der Waals surface area contributed by atoms with Gasteiger partial charge in [0.05, 0.1) is 11.9 Å². The number of amidine groups is 1. The number of nitrogens with zero attached hydrogens (tertiary/aromatic N) is 1. The summed E-state index contributed by atoms with van der Waals surface area (Å²) in [7, 11) is 0. The van der Waals surface area contributed by atoms with Crippen LogP contribution in [-0.2, 0) is 0 Å². The zero-order valence-electron chi connectivity index (χ0n) is 7.34. The van der Waals surface area contributed by atoms with Gasteiger partial charge in [0.25, 0.3) is 0 Å². The van der Waals surface area contributed by atoms with Crippen molar-refractivity contribution in [2.45, 2.75) is 51.5 Å². The van der Waals surface area contributed by atoms with Crippen molar-refractivity contribution in [3.63, 3.8) is 0 Å². The third-order valence-electron chi connectivity index (χ3n) is 2.22. The first kappa shape index (κ1) is 8.57. The first-order valence-electron chi connectivity index (χ1n) is 4.65. The van der Waals surface area contributed by atoms with Gasteiger partial charge < -0.3 is 5.73 Å². The predicted molar refractivity (Wildman–Crippen MR) is 48.8 cm³/mol. The van der Waals surface area contributed by atoms with Crippen LogP contribution < -0.4 is 5.73 Å². The van der Waals surface area contributed by atoms with Gasteiger partial charge in [0.1, 0.15) is 0 Å². The van der Waals surface area contributed by atoms with E-state index in [9.17, 15) is 0 Å². The zero-order chi connectivity index (χ0) is 8.10. The molecule has 2 heteroatoms. The summed E-state index contributed by atoms with van der Waals surface area (Å²) < 4.78 is 0. The Bertz CT molecular complexity index is 140. The van der Waals surface area contributed by atoms with Crippen molar-refractivity contribution in [2.75, 3.05) is 0 Å². The number of hydrogen-bond acceptors (Lipinski definition) is 2. The highest BCUT2D eigenvalue weighted by Gasteiger charge is 2.13. The van der Waals surface area contributed by atoms with Crippen LogP contribution in [-0.4, -0.2) is 11.9 Å². The molecule has 0 fully saturated rings. The first-order chi connectivity index (χ1) is 5.33. The molecular weight excluding hydrogens is 136 g/mol. The van der Waals surface area contributed by atoms with Crippen LogP contribution >= 0.6 is 0 Å². The first-order valence-corrected chi connectivity index (χ1v) is 4.65. The summed E-state index contributed by atoms with van der Waals surface area (Å²) in [6.07, 6.45) is 7.41. The van der Waals surface area contributed by atoms with Crippen molar-refractivity contribution in [3.8, 4) is 0 Å². The molecule has 0 saturated heterocycles. The quantitative estimate of drug-likeness (QED) is 0.619. The van der Waals surface area contributed by atoms with Gasteiger partial charge in [-0.15, -0.1) is 0 Å². The van der Waals surface area contributed by atoms with Crippen LogP contribution in [0.3, 0.4) is 0 Å². The number of hydrogen-bond donors (Lipinski definition) is 1. The molecule has 1 heterocycles. The Morgan fingerprint density at radius 2 is 2.36 bits per heavy atom. The minimum atomic E-state index is 0.557. The van der Waals surface area contributed by atoms with E-state index in [1.54, 1.807) is 0 Å². The lowest BCUT2D eigenvalue weighted by Crippen LogP contribution is -2.05. The average Bonchev–Trinajstić information content (AvgIpc) is 2.37. The highest BCUT2D eigenvalue weighted by Crippen LogP contribution is 2.16. The van der Waals surface area contributed by atoms with E-state index in [1.165, 1.54) is 32.1 Å². The highest BCUT2D eigenvalue weighted by atomic mass is 14.9. The fourth-order valence-electron chi connectivity index (χ4n) is 1.52. The molecule has 0 aromatic rings. The van der Waals surface area contributed by atoms with Crippen LogP contribution in [0.4, 0.5) is 0 Å². The van der Waals surface area contributed by atoms with Crippen molar-refractivity contribution >= 4 is 5.84 Å². The van der Waals surface area contributed by atoms with Crippen molar-refractivity contribution in [3.05, 3.63) is 0 Å². The Balaban J connectivity index is 2.08. The van der Waals surface area contributed by atoms with Gasteiger partial charge in [-0.1, -0.05) is 26.2 Å². The standard InChI is InChI=1S/C9H18N2/c1-2-3-4-5-8-6-7-9(10)11-8/h8H,2-7H2,1H3,(H2,10,11). The van der Waals surface area contributed by atoms with Gasteiger partial charge in [0, 0.05) is 6.42 Å². The molecule has 2 N–H and O–H groups in total. The second-order valence-corrected chi connectivity index (χ2v) is 3.31. The van der Waals surface area contributed by atoms with Crippen LogP contribution in [0.25, 0.3) is 0 Å². The molecule has 0 saturated carbocycles. The fourth-order valence-corrected chi connectivity index (χ4v) is 1.52. The molecule has 1 atom stereocenters. The van der Waals surface area contributed by atoms with Crippen LogP contribution in [0.5, 0.6) is 0 Å². The van der Waals surface area contributed by atoms with Gasteiger partial charge in [-0.2, -0.15) is 0 Å². The Kier molecular flexibility index (Phi) is 3.40. The fraction of sp³-hybridized carbons (Fsp3) is 0.889. The molecular formula is C9H18N2. The number of unbranched alkanes of at least 4 members (excludes halogenated alkanes) is 2. The lowest BCUT2D eigenvalue weighted by atomic mass is 10.1. The van der Waals surface area contributed by atoms with Crippen molar-refractivity contribution in [1.82, 2.24) is 0 Å².